The van der Waals surface area contributed by atoms with Crippen molar-refractivity contribution in [2.75, 3.05) is 0 Å². The Kier molecular flexibility index (Phi) is 6.17. The molecule has 33 heavy (non-hydrogen) atoms. The molecule has 178 valence electrons. The van der Waals surface area contributed by atoms with Crippen molar-refractivity contribution >= 4 is 10.1 Å². The van der Waals surface area contributed by atoms with E-state index in [2.05, 4.69) is 13.8 Å². The zero-order valence-electron chi connectivity index (χ0n) is 19.7. The second kappa shape index (κ2) is 8.83. The summed E-state index contributed by atoms with van der Waals surface area (Å²) in [4.78, 5) is 0.210. The number of fused-ring (bicyclic) bond motifs is 2. The molecule has 5 rings (SSSR count). The maximum atomic E-state index is 12.9. The average molecular weight is 469 g/mol. The molecule has 3 aliphatic carbocycles. The molecule has 0 amide bonds. The fourth-order valence-corrected chi connectivity index (χ4v) is 8.38. The Morgan fingerprint density at radius 3 is 2.06 bits per heavy atom. The van der Waals surface area contributed by atoms with Gasteiger partial charge in [-0.25, -0.2) is 0 Å². The van der Waals surface area contributed by atoms with Crippen LogP contribution in [-0.4, -0.2) is 18.1 Å². The molecule has 3 aliphatic rings. The SMILES string of the molecule is CC1CC(C)CC(c2cc(-c3ccc(CO)cc3)cc(C3CC4CCC3C4)c2S(=O)(=O)O)C1. The van der Waals surface area contributed by atoms with Gasteiger partial charge in [-0.3, -0.25) is 4.55 Å². The van der Waals surface area contributed by atoms with E-state index in [1.807, 2.05) is 36.4 Å². The van der Waals surface area contributed by atoms with Gasteiger partial charge in [0, 0.05) is 0 Å². The van der Waals surface area contributed by atoms with E-state index >= 15 is 0 Å². The van der Waals surface area contributed by atoms with Crippen LogP contribution in [0.3, 0.4) is 0 Å². The summed E-state index contributed by atoms with van der Waals surface area (Å²) in [6.07, 6.45) is 7.68. The molecule has 3 saturated carbocycles. The summed E-state index contributed by atoms with van der Waals surface area (Å²) in [6.45, 7) is 4.51. The van der Waals surface area contributed by atoms with Crippen LogP contribution in [0.4, 0.5) is 0 Å². The quantitative estimate of drug-likeness (QED) is 0.489. The lowest BCUT2D eigenvalue weighted by Gasteiger charge is -2.34. The third kappa shape index (κ3) is 4.52. The highest BCUT2D eigenvalue weighted by Gasteiger charge is 2.43. The van der Waals surface area contributed by atoms with Gasteiger partial charge >= 0.3 is 0 Å². The molecule has 0 radical (unpaired) electrons. The summed E-state index contributed by atoms with van der Waals surface area (Å²) in [7, 11) is -4.35. The van der Waals surface area contributed by atoms with Crippen molar-refractivity contribution in [1.29, 1.82) is 0 Å². The molecule has 5 unspecified atom stereocenters. The van der Waals surface area contributed by atoms with Crippen molar-refractivity contribution in [2.24, 2.45) is 23.7 Å². The molecule has 5 heteroatoms. The second-order valence-electron chi connectivity index (χ2n) is 11.2. The minimum Gasteiger partial charge on any atom is -0.392 e. The van der Waals surface area contributed by atoms with Crippen molar-refractivity contribution < 1.29 is 18.1 Å². The van der Waals surface area contributed by atoms with E-state index in [-0.39, 0.29) is 23.3 Å². The van der Waals surface area contributed by atoms with E-state index in [4.69, 9.17) is 0 Å². The molecule has 2 N–H and O–H groups in total. The summed E-state index contributed by atoms with van der Waals surface area (Å²) < 4.78 is 36.3. The summed E-state index contributed by atoms with van der Waals surface area (Å²) in [5, 5.41) is 9.44. The lowest BCUT2D eigenvalue weighted by Crippen LogP contribution is -2.22. The lowest BCUT2D eigenvalue weighted by atomic mass is 9.72. The maximum Gasteiger partial charge on any atom is 0.295 e. The highest BCUT2D eigenvalue weighted by atomic mass is 32.2. The topological polar surface area (TPSA) is 74.6 Å². The number of aliphatic hydroxyl groups excluding tert-OH is 1. The van der Waals surface area contributed by atoms with Gasteiger partial charge in [0.1, 0.15) is 4.90 Å². The van der Waals surface area contributed by atoms with Crippen LogP contribution in [0.1, 0.15) is 87.3 Å². The van der Waals surface area contributed by atoms with Gasteiger partial charge in [0.2, 0.25) is 0 Å². The van der Waals surface area contributed by atoms with E-state index in [1.165, 1.54) is 19.3 Å². The summed E-state index contributed by atoms with van der Waals surface area (Å²) in [5.41, 5.74) is 4.56. The average Bonchev–Trinajstić information content (AvgIpc) is 3.41. The van der Waals surface area contributed by atoms with Gasteiger partial charge in [-0.05, 0) is 114 Å². The van der Waals surface area contributed by atoms with Crippen LogP contribution >= 0.6 is 0 Å². The molecular formula is C28H36O4S. The lowest BCUT2D eigenvalue weighted by molar-refractivity contribution is 0.265. The van der Waals surface area contributed by atoms with Gasteiger partial charge < -0.3 is 5.11 Å². The molecule has 3 fully saturated rings. The molecule has 2 aromatic carbocycles. The number of aliphatic hydroxyl groups is 1. The minimum atomic E-state index is -4.35. The summed E-state index contributed by atoms with van der Waals surface area (Å²) in [5.74, 6) is 2.60. The van der Waals surface area contributed by atoms with E-state index in [0.29, 0.717) is 23.7 Å². The van der Waals surface area contributed by atoms with E-state index in [0.717, 1.165) is 53.5 Å². The third-order valence-corrected chi connectivity index (χ3v) is 9.62. The fraction of sp³-hybridized carbons (Fsp3) is 0.571. The number of rotatable bonds is 5. The van der Waals surface area contributed by atoms with Crippen LogP contribution in [0, 0.1) is 23.7 Å². The van der Waals surface area contributed by atoms with E-state index in [1.54, 1.807) is 0 Å². The Balaban J connectivity index is 1.70. The van der Waals surface area contributed by atoms with Gasteiger partial charge in [0.05, 0.1) is 6.61 Å². The number of hydrogen-bond donors (Lipinski definition) is 2. The number of benzene rings is 2. The monoisotopic (exact) mass is 468 g/mol. The summed E-state index contributed by atoms with van der Waals surface area (Å²) >= 11 is 0. The highest BCUT2D eigenvalue weighted by Crippen LogP contribution is 2.55. The van der Waals surface area contributed by atoms with Crippen LogP contribution in [0.15, 0.2) is 41.3 Å². The molecule has 0 aromatic heterocycles. The first kappa shape index (κ1) is 23.1. The number of hydrogen-bond acceptors (Lipinski definition) is 3. The molecule has 2 bridgehead atoms. The van der Waals surface area contributed by atoms with Gasteiger partial charge in [0.25, 0.3) is 10.1 Å². The Morgan fingerprint density at radius 2 is 1.52 bits per heavy atom. The predicted molar refractivity (Wildman–Crippen MR) is 131 cm³/mol. The Morgan fingerprint density at radius 1 is 0.848 bits per heavy atom. The van der Waals surface area contributed by atoms with Crippen LogP contribution in [-0.2, 0) is 16.7 Å². The van der Waals surface area contributed by atoms with E-state index in [9.17, 15) is 18.1 Å². The fourth-order valence-electron chi connectivity index (χ4n) is 7.35. The first-order valence-corrected chi connectivity index (χ1v) is 14.0. The highest BCUT2D eigenvalue weighted by molar-refractivity contribution is 7.86. The standard InChI is InChI=1S/C28H36O4S/c1-17-9-18(2)11-24(10-17)26-14-23(21-6-3-19(16-29)4-7-21)15-27(28(26)33(30,31)32)25-13-20-5-8-22(25)12-20/h3-4,6-7,14-15,17-18,20,22,24-25,29H,5,8-13,16H2,1-2H3,(H,30,31,32). The van der Waals surface area contributed by atoms with Gasteiger partial charge in [0.15, 0.2) is 0 Å². The second-order valence-corrected chi connectivity index (χ2v) is 12.6. The molecule has 0 saturated heterocycles. The van der Waals surface area contributed by atoms with Crippen molar-refractivity contribution in [2.45, 2.75) is 82.1 Å². The molecule has 0 aliphatic heterocycles. The molecule has 4 nitrogen and oxygen atoms in total. The normalized spacial score (nSPS) is 31.8. The van der Waals surface area contributed by atoms with Gasteiger partial charge in [-0.1, -0.05) is 44.5 Å². The largest absolute Gasteiger partial charge is 0.392 e. The maximum absolute atomic E-state index is 12.9. The van der Waals surface area contributed by atoms with Gasteiger partial charge in [-0.2, -0.15) is 8.42 Å². The van der Waals surface area contributed by atoms with Crippen LogP contribution < -0.4 is 0 Å². The zero-order chi connectivity index (χ0) is 23.3. The van der Waals surface area contributed by atoms with Crippen LogP contribution in [0.5, 0.6) is 0 Å². The van der Waals surface area contributed by atoms with E-state index < -0.39 is 10.1 Å². The van der Waals surface area contributed by atoms with Crippen molar-refractivity contribution in [3.8, 4) is 11.1 Å². The predicted octanol–water partition coefficient (Wildman–Crippen LogP) is 6.54. The van der Waals surface area contributed by atoms with Crippen molar-refractivity contribution in [1.82, 2.24) is 0 Å². The molecular weight excluding hydrogens is 432 g/mol. The van der Waals surface area contributed by atoms with Crippen molar-refractivity contribution in [3.05, 3.63) is 53.1 Å². The first-order valence-electron chi connectivity index (χ1n) is 12.6. The molecule has 0 spiro atoms. The van der Waals surface area contributed by atoms with Crippen molar-refractivity contribution in [3.63, 3.8) is 0 Å². The first-order chi connectivity index (χ1) is 15.7. The van der Waals surface area contributed by atoms with Crippen LogP contribution in [0.2, 0.25) is 0 Å². The Bertz CT molecular complexity index is 1110. The third-order valence-electron chi connectivity index (χ3n) is 8.63. The molecule has 5 atom stereocenters. The molecule has 2 aromatic rings. The minimum absolute atomic E-state index is 0.00146. The Hall–Kier alpha value is -1.69. The van der Waals surface area contributed by atoms with Crippen LogP contribution in [0.25, 0.3) is 11.1 Å². The molecule has 0 heterocycles. The van der Waals surface area contributed by atoms with Gasteiger partial charge in [-0.15, -0.1) is 0 Å². The summed E-state index contributed by atoms with van der Waals surface area (Å²) in [6, 6.07) is 11.9. The Labute approximate surface area is 198 Å². The zero-order valence-corrected chi connectivity index (χ0v) is 20.5. The smallest absolute Gasteiger partial charge is 0.295 e.